The van der Waals surface area contributed by atoms with E-state index in [-0.39, 0.29) is 33.0 Å². The van der Waals surface area contributed by atoms with Crippen LogP contribution in [0, 0.1) is 5.82 Å². The maximum atomic E-state index is 13.0. The highest BCUT2D eigenvalue weighted by molar-refractivity contribution is 7.92. The molecule has 0 spiro atoms. The van der Waals surface area contributed by atoms with Crippen molar-refractivity contribution in [3.63, 3.8) is 0 Å². The van der Waals surface area contributed by atoms with E-state index in [1.165, 1.54) is 42.5 Å². The molecule has 0 bridgehead atoms. The summed E-state index contributed by atoms with van der Waals surface area (Å²) in [5, 5.41) is 2.88. The van der Waals surface area contributed by atoms with Crippen molar-refractivity contribution >= 4 is 33.2 Å². The van der Waals surface area contributed by atoms with Crippen LogP contribution in [0.4, 0.5) is 10.1 Å². The maximum Gasteiger partial charge on any atom is 0.261 e. The molecule has 29 heavy (non-hydrogen) atoms. The average Bonchev–Trinajstić information content (AvgIpc) is 2.69. The van der Waals surface area contributed by atoms with Gasteiger partial charge in [0, 0.05) is 0 Å². The Bertz CT molecular complexity index is 1120. The fourth-order valence-corrected chi connectivity index (χ4v) is 4.02. The molecule has 8 heteroatoms. The lowest BCUT2D eigenvalue weighted by Gasteiger charge is -2.15. The van der Waals surface area contributed by atoms with E-state index in [1.54, 1.807) is 37.3 Å². The fraction of sp³-hybridized carbons (Fsp3) is 0.0952. The van der Waals surface area contributed by atoms with E-state index in [2.05, 4.69) is 10.0 Å². The van der Waals surface area contributed by atoms with Gasteiger partial charge in [0.25, 0.3) is 15.9 Å². The molecule has 0 radical (unpaired) electrons. The topological polar surface area (TPSA) is 75.3 Å². The Balaban J connectivity index is 1.73. The Morgan fingerprint density at radius 2 is 1.66 bits per heavy atom. The van der Waals surface area contributed by atoms with Crippen molar-refractivity contribution in [3.05, 3.63) is 94.8 Å². The lowest BCUT2D eigenvalue weighted by Crippen LogP contribution is -2.27. The van der Waals surface area contributed by atoms with Crippen LogP contribution >= 0.6 is 11.6 Å². The van der Waals surface area contributed by atoms with Gasteiger partial charge in [0.2, 0.25) is 0 Å². The third-order valence-corrected chi connectivity index (χ3v) is 5.95. The molecule has 1 atom stereocenters. The molecule has 0 fully saturated rings. The van der Waals surface area contributed by atoms with E-state index >= 15 is 0 Å². The van der Waals surface area contributed by atoms with Gasteiger partial charge in [-0.2, -0.15) is 0 Å². The highest BCUT2D eigenvalue weighted by atomic mass is 35.5. The van der Waals surface area contributed by atoms with Crippen molar-refractivity contribution in [3.8, 4) is 0 Å². The van der Waals surface area contributed by atoms with Gasteiger partial charge in [-0.15, -0.1) is 0 Å². The number of anilines is 1. The number of halogens is 2. The standard InChI is InChI=1S/C21H18ClFN2O3S/c1-14(15-7-9-16(23)10-8-15)24-21(26)19-12-11-17(13-20(19)22)25-29(27,28)18-5-3-2-4-6-18/h2-14,25H,1H3,(H,24,26). The first-order valence-corrected chi connectivity index (χ1v) is 10.6. The number of amides is 1. The molecule has 0 saturated heterocycles. The van der Waals surface area contributed by atoms with Gasteiger partial charge in [-0.05, 0) is 55.0 Å². The minimum Gasteiger partial charge on any atom is -0.345 e. The molecule has 3 aromatic rings. The zero-order valence-electron chi connectivity index (χ0n) is 15.4. The molecule has 0 heterocycles. The van der Waals surface area contributed by atoms with E-state index in [4.69, 9.17) is 11.6 Å². The lowest BCUT2D eigenvalue weighted by molar-refractivity contribution is 0.0940. The largest absolute Gasteiger partial charge is 0.345 e. The van der Waals surface area contributed by atoms with Crippen LogP contribution in [0.2, 0.25) is 5.02 Å². The van der Waals surface area contributed by atoms with Gasteiger partial charge in [0.15, 0.2) is 0 Å². The summed E-state index contributed by atoms with van der Waals surface area (Å²) in [4.78, 5) is 12.6. The Kier molecular flexibility index (Phi) is 6.20. The first-order chi connectivity index (χ1) is 13.8. The monoisotopic (exact) mass is 432 g/mol. The smallest absolute Gasteiger partial charge is 0.261 e. The minimum atomic E-state index is -3.76. The molecule has 0 aliphatic carbocycles. The number of nitrogens with one attached hydrogen (secondary N) is 2. The van der Waals surface area contributed by atoms with Crippen molar-refractivity contribution in [2.24, 2.45) is 0 Å². The van der Waals surface area contributed by atoms with E-state index < -0.39 is 15.9 Å². The molecular weight excluding hydrogens is 415 g/mol. The Morgan fingerprint density at radius 1 is 1.00 bits per heavy atom. The molecule has 0 aliphatic rings. The average molecular weight is 433 g/mol. The van der Waals surface area contributed by atoms with Crippen LogP contribution < -0.4 is 10.0 Å². The third kappa shape index (κ3) is 5.13. The predicted molar refractivity (Wildman–Crippen MR) is 111 cm³/mol. The first-order valence-electron chi connectivity index (χ1n) is 8.70. The van der Waals surface area contributed by atoms with Crippen molar-refractivity contribution < 1.29 is 17.6 Å². The van der Waals surface area contributed by atoms with Crippen molar-refractivity contribution in [2.75, 3.05) is 4.72 Å². The van der Waals surface area contributed by atoms with E-state index in [0.717, 1.165) is 5.56 Å². The zero-order valence-corrected chi connectivity index (χ0v) is 17.0. The number of hydrogen-bond acceptors (Lipinski definition) is 3. The summed E-state index contributed by atoms with van der Waals surface area (Å²) in [6, 6.07) is 17.6. The second-order valence-corrected chi connectivity index (χ2v) is 8.45. The van der Waals surface area contributed by atoms with Crippen molar-refractivity contribution in [1.29, 1.82) is 0 Å². The first kappa shape index (κ1) is 20.8. The fourth-order valence-electron chi connectivity index (χ4n) is 2.69. The summed E-state index contributed by atoms with van der Waals surface area (Å²) in [5.74, 6) is -0.784. The molecular formula is C21H18ClFN2O3S. The van der Waals surface area contributed by atoms with Crippen LogP contribution in [0.5, 0.6) is 0 Å². The summed E-state index contributed by atoms with van der Waals surface area (Å²) in [6.45, 7) is 1.77. The summed E-state index contributed by atoms with van der Waals surface area (Å²) in [6.07, 6.45) is 0. The summed E-state index contributed by atoms with van der Waals surface area (Å²) < 4.78 is 40.3. The van der Waals surface area contributed by atoms with Crippen LogP contribution in [-0.4, -0.2) is 14.3 Å². The molecule has 1 unspecified atom stereocenters. The van der Waals surface area contributed by atoms with Crippen LogP contribution in [0.3, 0.4) is 0 Å². The van der Waals surface area contributed by atoms with Gasteiger partial charge >= 0.3 is 0 Å². The number of hydrogen-bond donors (Lipinski definition) is 2. The van der Waals surface area contributed by atoms with Crippen LogP contribution in [-0.2, 0) is 10.0 Å². The summed E-state index contributed by atoms with van der Waals surface area (Å²) >= 11 is 6.20. The number of benzene rings is 3. The Hall–Kier alpha value is -2.90. The summed E-state index contributed by atoms with van der Waals surface area (Å²) in [7, 11) is -3.76. The number of sulfonamides is 1. The van der Waals surface area contributed by atoms with Crippen LogP contribution in [0.1, 0.15) is 28.9 Å². The van der Waals surface area contributed by atoms with Gasteiger partial charge in [-0.1, -0.05) is 41.9 Å². The second kappa shape index (κ2) is 8.63. The maximum absolute atomic E-state index is 13.0. The number of carbonyl (C=O) groups is 1. The van der Waals surface area contributed by atoms with E-state index in [0.29, 0.717) is 0 Å². The number of carbonyl (C=O) groups excluding carboxylic acids is 1. The van der Waals surface area contributed by atoms with Gasteiger partial charge in [-0.25, -0.2) is 12.8 Å². The predicted octanol–water partition coefficient (Wildman–Crippen LogP) is 4.77. The Morgan fingerprint density at radius 3 is 2.28 bits per heavy atom. The molecule has 0 aliphatic heterocycles. The highest BCUT2D eigenvalue weighted by Gasteiger charge is 2.17. The quantitative estimate of drug-likeness (QED) is 0.589. The normalized spacial score (nSPS) is 12.2. The Labute approximate surface area is 173 Å². The van der Waals surface area contributed by atoms with Crippen molar-refractivity contribution in [2.45, 2.75) is 17.9 Å². The molecule has 5 nitrogen and oxygen atoms in total. The summed E-state index contributed by atoms with van der Waals surface area (Å²) in [5.41, 5.74) is 1.17. The zero-order chi connectivity index (χ0) is 21.0. The molecule has 3 aromatic carbocycles. The molecule has 0 saturated carbocycles. The molecule has 0 aromatic heterocycles. The molecule has 150 valence electrons. The van der Waals surface area contributed by atoms with Crippen LogP contribution in [0.25, 0.3) is 0 Å². The third-order valence-electron chi connectivity index (χ3n) is 4.24. The number of rotatable bonds is 6. The molecule has 3 rings (SSSR count). The molecule has 2 N–H and O–H groups in total. The lowest BCUT2D eigenvalue weighted by atomic mass is 10.1. The second-order valence-electron chi connectivity index (χ2n) is 6.36. The SMILES string of the molecule is CC(NC(=O)c1ccc(NS(=O)(=O)c2ccccc2)cc1Cl)c1ccc(F)cc1. The van der Waals surface area contributed by atoms with Gasteiger partial charge in [0.1, 0.15) is 5.82 Å². The minimum absolute atomic E-state index is 0.0991. The van der Waals surface area contributed by atoms with Crippen molar-refractivity contribution in [1.82, 2.24) is 5.32 Å². The van der Waals surface area contributed by atoms with E-state index in [9.17, 15) is 17.6 Å². The van der Waals surface area contributed by atoms with E-state index in [1.807, 2.05) is 0 Å². The van der Waals surface area contributed by atoms with Gasteiger partial charge in [0.05, 0.1) is 27.2 Å². The highest BCUT2D eigenvalue weighted by Crippen LogP contribution is 2.24. The van der Waals surface area contributed by atoms with Crippen LogP contribution in [0.15, 0.2) is 77.7 Å². The van der Waals surface area contributed by atoms with Gasteiger partial charge in [-0.3, -0.25) is 9.52 Å². The van der Waals surface area contributed by atoms with Gasteiger partial charge < -0.3 is 5.32 Å². The molecule has 1 amide bonds.